The first-order valence-corrected chi connectivity index (χ1v) is 11.3. The van der Waals surface area contributed by atoms with Gasteiger partial charge in [0, 0.05) is 18.4 Å². The molecule has 1 amide bonds. The summed E-state index contributed by atoms with van der Waals surface area (Å²) in [6, 6.07) is 5.94. The van der Waals surface area contributed by atoms with Crippen LogP contribution in [0.5, 0.6) is 0 Å². The van der Waals surface area contributed by atoms with E-state index in [4.69, 9.17) is 9.26 Å². The molecule has 1 N–H and O–H groups in total. The van der Waals surface area contributed by atoms with E-state index >= 15 is 0 Å². The molecule has 26 heavy (non-hydrogen) atoms. The molecule has 1 saturated carbocycles. The van der Waals surface area contributed by atoms with E-state index in [-0.39, 0.29) is 5.91 Å². The van der Waals surface area contributed by atoms with Crippen LogP contribution in [0.1, 0.15) is 44.2 Å². The van der Waals surface area contributed by atoms with Gasteiger partial charge in [0.15, 0.2) is 5.76 Å². The molecule has 0 spiro atoms. The Bertz CT molecular complexity index is 650. The van der Waals surface area contributed by atoms with Crippen LogP contribution < -0.4 is 5.32 Å². The molecule has 5 nitrogen and oxygen atoms in total. The summed E-state index contributed by atoms with van der Waals surface area (Å²) < 4.78 is 11.2. The summed E-state index contributed by atoms with van der Waals surface area (Å²) >= 11 is 3.17. The Balaban J connectivity index is 1.26. The first-order chi connectivity index (χ1) is 12.8. The van der Waals surface area contributed by atoms with Crippen molar-refractivity contribution in [2.75, 3.05) is 18.9 Å². The van der Waals surface area contributed by atoms with Crippen LogP contribution in [0, 0.1) is 0 Å². The van der Waals surface area contributed by atoms with Crippen molar-refractivity contribution in [1.82, 2.24) is 10.5 Å². The van der Waals surface area contributed by atoms with E-state index in [0.29, 0.717) is 30.8 Å². The molecule has 0 saturated heterocycles. The number of thioether (sulfide) groups is 1. The Morgan fingerprint density at radius 3 is 2.96 bits per heavy atom. The third-order valence-electron chi connectivity index (χ3n) is 4.39. The number of ether oxygens (including phenoxy) is 1. The van der Waals surface area contributed by atoms with E-state index in [9.17, 15) is 4.79 Å². The zero-order chi connectivity index (χ0) is 18.0. The molecule has 0 atom stereocenters. The zero-order valence-corrected chi connectivity index (χ0v) is 16.6. The van der Waals surface area contributed by atoms with Gasteiger partial charge in [0.25, 0.3) is 0 Å². The molecule has 142 valence electrons. The molecule has 1 fully saturated rings. The van der Waals surface area contributed by atoms with E-state index in [1.54, 1.807) is 23.1 Å². The number of hydrogen-bond acceptors (Lipinski definition) is 6. The summed E-state index contributed by atoms with van der Waals surface area (Å²) in [5, 5.41) is 9.00. The minimum Gasteiger partial charge on any atom is -0.376 e. The standard InChI is InChI=1S/C19H26N2O3S2/c22-19(20-9-10-23-16-6-3-1-2-4-7-16)14-25-13-15-12-17(24-21-15)18-8-5-11-26-18/h5,8,11-12,16H,1-4,6-7,9-10,13-14H2,(H,20,22). The van der Waals surface area contributed by atoms with Gasteiger partial charge < -0.3 is 14.6 Å². The van der Waals surface area contributed by atoms with Crippen LogP contribution >= 0.6 is 23.1 Å². The molecule has 7 heteroatoms. The lowest BCUT2D eigenvalue weighted by molar-refractivity contribution is -0.118. The lowest BCUT2D eigenvalue weighted by atomic mass is 10.1. The molecule has 0 aromatic carbocycles. The number of aromatic nitrogens is 1. The predicted octanol–water partition coefficient (Wildman–Crippen LogP) is 4.49. The topological polar surface area (TPSA) is 64.4 Å². The maximum absolute atomic E-state index is 11.9. The highest BCUT2D eigenvalue weighted by molar-refractivity contribution is 7.99. The van der Waals surface area contributed by atoms with E-state index in [1.165, 1.54) is 25.7 Å². The van der Waals surface area contributed by atoms with Gasteiger partial charge in [-0.25, -0.2) is 0 Å². The molecule has 0 aliphatic heterocycles. The van der Waals surface area contributed by atoms with Crippen LogP contribution in [0.3, 0.4) is 0 Å². The third kappa shape index (κ3) is 6.45. The monoisotopic (exact) mass is 394 g/mol. The Labute approximate surface area is 162 Å². The van der Waals surface area contributed by atoms with Gasteiger partial charge in [-0.1, -0.05) is 36.9 Å². The van der Waals surface area contributed by atoms with Gasteiger partial charge in [0.2, 0.25) is 5.91 Å². The van der Waals surface area contributed by atoms with Crippen molar-refractivity contribution in [3.8, 4) is 10.6 Å². The number of amides is 1. The van der Waals surface area contributed by atoms with Gasteiger partial charge in [-0.2, -0.15) is 0 Å². The lowest BCUT2D eigenvalue weighted by Crippen LogP contribution is -2.30. The van der Waals surface area contributed by atoms with E-state index in [1.807, 2.05) is 23.6 Å². The van der Waals surface area contributed by atoms with E-state index in [2.05, 4.69) is 10.5 Å². The van der Waals surface area contributed by atoms with Crippen LogP contribution in [-0.2, 0) is 15.3 Å². The molecule has 2 aromatic heterocycles. The van der Waals surface area contributed by atoms with Crippen molar-refractivity contribution in [2.45, 2.75) is 50.4 Å². The third-order valence-corrected chi connectivity index (χ3v) is 6.24. The van der Waals surface area contributed by atoms with E-state index in [0.717, 1.165) is 29.2 Å². The Morgan fingerprint density at radius 2 is 2.19 bits per heavy atom. The Morgan fingerprint density at radius 1 is 1.35 bits per heavy atom. The van der Waals surface area contributed by atoms with Gasteiger partial charge in [-0.05, 0) is 24.3 Å². The normalized spacial score (nSPS) is 15.7. The summed E-state index contributed by atoms with van der Waals surface area (Å²) in [6.45, 7) is 1.19. The number of thiophene rings is 1. The second-order valence-corrected chi connectivity index (χ2v) is 8.42. The highest BCUT2D eigenvalue weighted by Crippen LogP contribution is 2.26. The largest absolute Gasteiger partial charge is 0.376 e. The Hall–Kier alpha value is -1.31. The lowest BCUT2D eigenvalue weighted by Gasteiger charge is -2.15. The average molecular weight is 395 g/mol. The van der Waals surface area contributed by atoms with Crippen molar-refractivity contribution >= 4 is 29.0 Å². The van der Waals surface area contributed by atoms with Crippen molar-refractivity contribution in [2.24, 2.45) is 0 Å². The fourth-order valence-corrected chi connectivity index (χ4v) is 4.45. The Kier molecular flexibility index (Phi) is 8.04. The first-order valence-electron chi connectivity index (χ1n) is 9.27. The number of carbonyl (C=O) groups is 1. The SMILES string of the molecule is O=C(CSCc1cc(-c2cccs2)on1)NCCOC1CCCCCC1. The minimum absolute atomic E-state index is 0.0430. The molecule has 1 aliphatic rings. The highest BCUT2D eigenvalue weighted by atomic mass is 32.2. The molecular weight excluding hydrogens is 368 g/mol. The highest BCUT2D eigenvalue weighted by Gasteiger charge is 2.12. The second-order valence-electron chi connectivity index (χ2n) is 6.49. The summed E-state index contributed by atoms with van der Waals surface area (Å²) in [6.07, 6.45) is 7.90. The maximum Gasteiger partial charge on any atom is 0.230 e. The number of nitrogens with one attached hydrogen (secondary N) is 1. The number of hydrogen-bond donors (Lipinski definition) is 1. The van der Waals surface area contributed by atoms with Gasteiger partial charge in [0.1, 0.15) is 0 Å². The summed E-state index contributed by atoms with van der Waals surface area (Å²) in [4.78, 5) is 13.0. The quantitative estimate of drug-likeness (QED) is 0.501. The summed E-state index contributed by atoms with van der Waals surface area (Å²) in [7, 11) is 0. The first kappa shape index (κ1) is 19.5. The van der Waals surface area contributed by atoms with Crippen molar-refractivity contribution < 1.29 is 14.1 Å². The van der Waals surface area contributed by atoms with Crippen molar-refractivity contribution in [3.63, 3.8) is 0 Å². The number of carbonyl (C=O) groups excluding carboxylic acids is 1. The predicted molar refractivity (Wildman–Crippen MR) is 106 cm³/mol. The van der Waals surface area contributed by atoms with Crippen molar-refractivity contribution in [1.29, 1.82) is 0 Å². The van der Waals surface area contributed by atoms with Crippen LogP contribution in [0.25, 0.3) is 10.6 Å². The molecule has 0 unspecified atom stereocenters. The molecule has 2 heterocycles. The van der Waals surface area contributed by atoms with E-state index < -0.39 is 0 Å². The van der Waals surface area contributed by atoms with Gasteiger partial charge in [-0.3, -0.25) is 4.79 Å². The molecule has 0 bridgehead atoms. The molecule has 0 radical (unpaired) electrons. The van der Waals surface area contributed by atoms with Crippen LogP contribution in [0.2, 0.25) is 0 Å². The van der Waals surface area contributed by atoms with Crippen LogP contribution in [0.15, 0.2) is 28.1 Å². The van der Waals surface area contributed by atoms with Gasteiger partial charge in [-0.15, -0.1) is 23.1 Å². The van der Waals surface area contributed by atoms with Gasteiger partial charge in [0.05, 0.1) is 29.0 Å². The van der Waals surface area contributed by atoms with Crippen LogP contribution in [-0.4, -0.2) is 36.1 Å². The molecule has 3 rings (SSSR count). The average Bonchev–Trinajstić information content (AvgIpc) is 3.26. The number of nitrogens with zero attached hydrogens (tertiary/aromatic N) is 1. The van der Waals surface area contributed by atoms with Gasteiger partial charge >= 0.3 is 0 Å². The fourth-order valence-electron chi connectivity index (χ4n) is 3.04. The summed E-state index contributed by atoms with van der Waals surface area (Å²) in [5.41, 5.74) is 0.864. The zero-order valence-electron chi connectivity index (χ0n) is 14.9. The second kappa shape index (κ2) is 10.7. The fraction of sp³-hybridized carbons (Fsp3) is 0.579. The maximum atomic E-state index is 11.9. The molecule has 2 aromatic rings. The smallest absolute Gasteiger partial charge is 0.230 e. The molecular formula is C19H26N2O3S2. The number of rotatable bonds is 9. The van der Waals surface area contributed by atoms with Crippen molar-refractivity contribution in [3.05, 3.63) is 29.3 Å². The minimum atomic E-state index is 0.0430. The van der Waals surface area contributed by atoms with Crippen LogP contribution in [0.4, 0.5) is 0 Å². The summed E-state index contributed by atoms with van der Waals surface area (Å²) in [5.74, 6) is 1.92. The molecule has 1 aliphatic carbocycles.